The molecule has 0 N–H and O–H groups in total. The molecule has 0 unspecified atom stereocenters. The van der Waals surface area contributed by atoms with Crippen LogP contribution >= 0.6 is 0 Å². The first-order valence-corrected chi connectivity index (χ1v) is 11.0. The molecule has 32 heavy (non-hydrogen) atoms. The van der Waals surface area contributed by atoms with E-state index in [1.165, 1.54) is 32.3 Å². The van der Waals surface area contributed by atoms with E-state index in [4.69, 9.17) is 9.72 Å². The van der Waals surface area contributed by atoms with Crippen molar-refractivity contribution in [2.45, 2.75) is 19.8 Å². The molecule has 0 atom stereocenters. The van der Waals surface area contributed by atoms with Gasteiger partial charge in [0.05, 0.1) is 11.1 Å². The monoisotopic (exact) mass is 412 g/mol. The van der Waals surface area contributed by atoms with Crippen LogP contribution in [0, 0.1) is 0 Å². The van der Waals surface area contributed by atoms with E-state index in [1.807, 2.05) is 12.4 Å². The van der Waals surface area contributed by atoms with E-state index in [-0.39, 0.29) is 0 Å². The van der Waals surface area contributed by atoms with Crippen molar-refractivity contribution in [2.75, 3.05) is 0 Å². The van der Waals surface area contributed by atoms with Crippen LogP contribution in [0.4, 0.5) is 0 Å². The molecule has 2 aromatic heterocycles. The van der Waals surface area contributed by atoms with Gasteiger partial charge in [-0.15, -0.1) is 0 Å². The normalized spacial score (nSPS) is 12.6. The van der Waals surface area contributed by atoms with E-state index in [2.05, 4.69) is 85.6 Å². The summed E-state index contributed by atoms with van der Waals surface area (Å²) >= 11 is 0. The minimum Gasteiger partial charge on any atom is -0.456 e. The Morgan fingerprint density at radius 3 is 2.38 bits per heavy atom. The van der Waals surface area contributed by atoms with Gasteiger partial charge in [0, 0.05) is 29.0 Å². The highest BCUT2D eigenvalue weighted by Crippen LogP contribution is 2.49. The minimum absolute atomic E-state index is 0.376. The molecular weight excluding hydrogens is 392 g/mol. The summed E-state index contributed by atoms with van der Waals surface area (Å²) in [6.07, 6.45) is 3.90. The van der Waals surface area contributed by atoms with Crippen LogP contribution in [0.3, 0.4) is 0 Å². The number of fused-ring (bicyclic) bond motifs is 7. The van der Waals surface area contributed by atoms with Crippen LogP contribution in [0.2, 0.25) is 0 Å². The summed E-state index contributed by atoms with van der Waals surface area (Å²) in [6, 6.07) is 23.6. The summed E-state index contributed by atoms with van der Waals surface area (Å²) in [6.45, 7) is 4.36. The maximum atomic E-state index is 6.54. The lowest BCUT2D eigenvalue weighted by Crippen LogP contribution is -2.00. The molecule has 0 saturated carbocycles. The minimum atomic E-state index is 0.376. The zero-order valence-corrected chi connectivity index (χ0v) is 17.9. The number of aromatic nitrogens is 2. The van der Waals surface area contributed by atoms with Crippen molar-refractivity contribution in [3.8, 4) is 22.8 Å². The zero-order chi connectivity index (χ0) is 21.4. The summed E-state index contributed by atoms with van der Waals surface area (Å²) in [5.41, 5.74) is 3.14. The molecule has 0 bridgehead atoms. The van der Waals surface area contributed by atoms with Gasteiger partial charge in [-0.25, -0.2) is 0 Å². The Morgan fingerprint density at radius 2 is 1.53 bits per heavy atom. The number of hydrogen-bond acceptors (Lipinski definition) is 3. The van der Waals surface area contributed by atoms with Crippen molar-refractivity contribution in [3.63, 3.8) is 0 Å². The second kappa shape index (κ2) is 6.27. The van der Waals surface area contributed by atoms with Crippen LogP contribution in [-0.2, 0) is 0 Å². The Balaban J connectivity index is 1.61. The summed E-state index contributed by atoms with van der Waals surface area (Å²) in [4.78, 5) is 9.46. The topological polar surface area (TPSA) is 35.0 Å². The molecule has 1 aliphatic rings. The van der Waals surface area contributed by atoms with E-state index in [1.54, 1.807) is 0 Å². The van der Waals surface area contributed by atoms with Crippen molar-refractivity contribution in [1.82, 2.24) is 9.97 Å². The van der Waals surface area contributed by atoms with Gasteiger partial charge in [-0.3, -0.25) is 9.97 Å². The average molecular weight is 412 g/mol. The van der Waals surface area contributed by atoms with Crippen LogP contribution in [0.1, 0.15) is 25.5 Å². The fraction of sp³-hybridized carbons (Fsp3) is 0.103. The van der Waals surface area contributed by atoms with E-state index in [0.29, 0.717) is 5.92 Å². The summed E-state index contributed by atoms with van der Waals surface area (Å²) in [7, 11) is 0. The second-order valence-electron chi connectivity index (χ2n) is 8.90. The third kappa shape index (κ3) is 2.36. The molecule has 0 radical (unpaired) electrons. The highest BCUT2D eigenvalue weighted by Gasteiger charge is 2.23. The van der Waals surface area contributed by atoms with Crippen molar-refractivity contribution < 1.29 is 4.74 Å². The molecule has 0 fully saturated rings. The van der Waals surface area contributed by atoms with E-state index in [0.717, 1.165) is 39.2 Å². The fourth-order valence-electron chi connectivity index (χ4n) is 4.99. The van der Waals surface area contributed by atoms with Crippen molar-refractivity contribution in [2.24, 2.45) is 0 Å². The van der Waals surface area contributed by atoms with Crippen LogP contribution in [-0.4, -0.2) is 9.97 Å². The van der Waals surface area contributed by atoms with Gasteiger partial charge in [0.15, 0.2) is 0 Å². The smallest absolute Gasteiger partial charge is 0.138 e. The molecule has 152 valence electrons. The Labute approximate surface area is 185 Å². The third-order valence-electron chi connectivity index (χ3n) is 6.64. The maximum absolute atomic E-state index is 6.54. The van der Waals surface area contributed by atoms with Gasteiger partial charge in [-0.1, -0.05) is 50.2 Å². The molecule has 7 rings (SSSR count). The molecule has 3 nitrogen and oxygen atoms in total. The van der Waals surface area contributed by atoms with Gasteiger partial charge in [0.1, 0.15) is 11.5 Å². The van der Waals surface area contributed by atoms with Gasteiger partial charge in [0.25, 0.3) is 0 Å². The number of nitrogens with zero attached hydrogens (tertiary/aromatic N) is 2. The first kappa shape index (κ1) is 17.7. The van der Waals surface area contributed by atoms with Crippen LogP contribution in [0.15, 0.2) is 79.1 Å². The third-order valence-corrected chi connectivity index (χ3v) is 6.64. The van der Waals surface area contributed by atoms with E-state index >= 15 is 0 Å². The van der Waals surface area contributed by atoms with Crippen LogP contribution in [0.25, 0.3) is 54.3 Å². The predicted molar refractivity (Wildman–Crippen MR) is 132 cm³/mol. The van der Waals surface area contributed by atoms with Gasteiger partial charge in [-0.05, 0) is 68.6 Å². The first-order chi connectivity index (χ1) is 15.7. The Kier molecular flexibility index (Phi) is 3.46. The Hall–Kier alpha value is -3.98. The molecule has 0 amide bonds. The number of pyridine rings is 2. The highest BCUT2D eigenvalue weighted by molar-refractivity contribution is 6.21. The number of rotatable bonds is 1. The second-order valence-corrected chi connectivity index (χ2v) is 8.90. The molecule has 0 spiro atoms. The maximum Gasteiger partial charge on any atom is 0.138 e. The molecule has 0 saturated heterocycles. The van der Waals surface area contributed by atoms with Crippen LogP contribution < -0.4 is 4.74 Å². The van der Waals surface area contributed by atoms with Gasteiger partial charge in [-0.2, -0.15) is 0 Å². The zero-order valence-electron chi connectivity index (χ0n) is 17.9. The largest absolute Gasteiger partial charge is 0.456 e. The molecule has 3 heterocycles. The molecule has 0 aliphatic carbocycles. The van der Waals surface area contributed by atoms with Crippen molar-refractivity contribution in [3.05, 3.63) is 84.8 Å². The van der Waals surface area contributed by atoms with Crippen LogP contribution in [0.5, 0.6) is 11.5 Å². The molecule has 4 aromatic carbocycles. The quantitative estimate of drug-likeness (QED) is 0.256. The lowest BCUT2D eigenvalue weighted by Gasteiger charge is -2.22. The van der Waals surface area contributed by atoms with Gasteiger partial charge >= 0.3 is 0 Å². The average Bonchev–Trinajstić information content (AvgIpc) is 2.82. The van der Waals surface area contributed by atoms with E-state index < -0.39 is 0 Å². The fourth-order valence-corrected chi connectivity index (χ4v) is 4.99. The van der Waals surface area contributed by atoms with Crippen molar-refractivity contribution >= 4 is 43.1 Å². The Morgan fingerprint density at radius 1 is 0.688 bits per heavy atom. The summed E-state index contributed by atoms with van der Waals surface area (Å²) in [5.74, 6) is 2.11. The van der Waals surface area contributed by atoms with Gasteiger partial charge < -0.3 is 4.74 Å². The molecular formula is C29H20N2O. The lowest BCUT2D eigenvalue weighted by atomic mass is 9.92. The predicted octanol–water partition coefficient (Wildman–Crippen LogP) is 7.99. The molecule has 1 aliphatic heterocycles. The highest BCUT2D eigenvalue weighted by atomic mass is 16.5. The number of ether oxygens (including phenoxy) is 1. The standard InChI is InChI=1S/C29H20N2O/c1-16(2)25-13-22-19(15-31-25)7-8-20-21-9-10-30-29-24-11-17-5-3-4-6-18(17)12-26(24)32-27(28(21)29)14-23(20)22/h3-16H,1-2H3. The number of benzene rings is 4. The molecule has 3 heteroatoms. The SMILES string of the molecule is CC(C)c1cc2c(ccc3c4ccnc5c4c(cc23)Oc2cc3ccccc3cc2-5)cn1. The number of hydrogen-bond donors (Lipinski definition) is 0. The summed E-state index contributed by atoms with van der Waals surface area (Å²) < 4.78 is 6.54. The first-order valence-electron chi connectivity index (χ1n) is 11.0. The molecule has 6 aromatic rings. The summed E-state index contributed by atoms with van der Waals surface area (Å²) in [5, 5.41) is 9.38. The van der Waals surface area contributed by atoms with Crippen molar-refractivity contribution in [1.29, 1.82) is 0 Å². The Bertz CT molecular complexity index is 1730. The van der Waals surface area contributed by atoms with E-state index in [9.17, 15) is 0 Å². The van der Waals surface area contributed by atoms with Gasteiger partial charge in [0.2, 0.25) is 0 Å². The lowest BCUT2D eigenvalue weighted by molar-refractivity contribution is 0.488.